The van der Waals surface area contributed by atoms with Crippen molar-refractivity contribution in [1.82, 2.24) is 0 Å². The summed E-state index contributed by atoms with van der Waals surface area (Å²) in [6, 6.07) is 0.507. The van der Waals surface area contributed by atoms with Gasteiger partial charge in [0, 0.05) is 6.04 Å². The van der Waals surface area contributed by atoms with Crippen LogP contribution in [0.15, 0.2) is 0 Å². The lowest BCUT2D eigenvalue weighted by Gasteiger charge is -2.41. The number of nitrogens with two attached hydrogens (primary N) is 1. The van der Waals surface area contributed by atoms with Crippen molar-refractivity contribution in [3.63, 3.8) is 0 Å². The molecule has 0 heterocycles. The zero-order valence-electron chi connectivity index (χ0n) is 12.5. The van der Waals surface area contributed by atoms with E-state index < -0.39 is 0 Å². The second kappa shape index (κ2) is 6.93. The van der Waals surface area contributed by atoms with Crippen molar-refractivity contribution in [2.75, 3.05) is 0 Å². The van der Waals surface area contributed by atoms with Crippen LogP contribution in [-0.2, 0) is 0 Å². The second-order valence-electron chi connectivity index (χ2n) is 6.88. The van der Waals surface area contributed by atoms with Crippen LogP contribution in [0.4, 0.5) is 0 Å². The van der Waals surface area contributed by atoms with Gasteiger partial charge in [-0.2, -0.15) is 0 Å². The molecule has 106 valence electrons. The zero-order chi connectivity index (χ0) is 13.0. The van der Waals surface area contributed by atoms with E-state index in [9.17, 15) is 0 Å². The average molecular weight is 251 g/mol. The maximum Gasteiger partial charge on any atom is 0.00982 e. The largest absolute Gasteiger partial charge is 0.327 e. The van der Waals surface area contributed by atoms with Crippen molar-refractivity contribution in [3.05, 3.63) is 0 Å². The molecule has 0 aromatic carbocycles. The Morgan fingerprint density at radius 2 is 1.56 bits per heavy atom. The highest BCUT2D eigenvalue weighted by atomic mass is 14.7. The molecule has 18 heavy (non-hydrogen) atoms. The molecule has 2 aliphatic carbocycles. The summed E-state index contributed by atoms with van der Waals surface area (Å²) in [7, 11) is 0. The van der Waals surface area contributed by atoms with Gasteiger partial charge < -0.3 is 5.73 Å². The van der Waals surface area contributed by atoms with E-state index in [2.05, 4.69) is 13.8 Å². The summed E-state index contributed by atoms with van der Waals surface area (Å²) in [6.45, 7) is 4.71. The van der Waals surface area contributed by atoms with E-state index in [-0.39, 0.29) is 0 Å². The normalized spacial score (nSPS) is 39.5. The minimum Gasteiger partial charge on any atom is -0.327 e. The smallest absolute Gasteiger partial charge is 0.00982 e. The van der Waals surface area contributed by atoms with Gasteiger partial charge in [0.1, 0.15) is 0 Å². The maximum absolute atomic E-state index is 6.68. The lowest BCUT2D eigenvalue weighted by molar-refractivity contribution is 0.130. The van der Waals surface area contributed by atoms with E-state index in [1.165, 1.54) is 64.2 Å². The van der Waals surface area contributed by atoms with Crippen molar-refractivity contribution in [2.24, 2.45) is 29.4 Å². The molecule has 0 bridgehead atoms. The van der Waals surface area contributed by atoms with E-state index in [1.807, 2.05) is 0 Å². The second-order valence-corrected chi connectivity index (χ2v) is 6.88. The summed E-state index contributed by atoms with van der Waals surface area (Å²) >= 11 is 0. The average Bonchev–Trinajstić information content (AvgIpc) is 2.46. The first-order valence-electron chi connectivity index (χ1n) is 8.51. The fourth-order valence-corrected chi connectivity index (χ4v) is 4.58. The Morgan fingerprint density at radius 3 is 2.17 bits per heavy atom. The topological polar surface area (TPSA) is 26.0 Å². The van der Waals surface area contributed by atoms with Crippen LogP contribution in [0.5, 0.6) is 0 Å². The van der Waals surface area contributed by atoms with Crippen molar-refractivity contribution >= 4 is 0 Å². The Labute approximate surface area is 114 Å². The molecular weight excluding hydrogens is 218 g/mol. The molecule has 1 nitrogen and oxygen atoms in total. The van der Waals surface area contributed by atoms with Crippen molar-refractivity contribution in [3.8, 4) is 0 Å². The molecule has 2 saturated carbocycles. The van der Waals surface area contributed by atoms with Gasteiger partial charge in [0.05, 0.1) is 0 Å². The molecule has 0 radical (unpaired) electrons. The standard InChI is InChI=1S/C17H33N/c1-3-13-9-11-15(12-10-13)17(18)16-8-6-5-7-14(16)4-2/h13-17H,3-12,18H2,1-2H3. The summed E-state index contributed by atoms with van der Waals surface area (Å²) in [5.41, 5.74) is 6.68. The molecule has 3 atom stereocenters. The third-order valence-corrected chi connectivity index (χ3v) is 6.00. The first-order chi connectivity index (χ1) is 8.76. The monoisotopic (exact) mass is 251 g/mol. The van der Waals surface area contributed by atoms with Crippen LogP contribution in [0.25, 0.3) is 0 Å². The summed E-state index contributed by atoms with van der Waals surface area (Å²) in [5, 5.41) is 0. The van der Waals surface area contributed by atoms with Crippen LogP contribution in [0, 0.1) is 23.7 Å². The highest BCUT2D eigenvalue weighted by Crippen LogP contribution is 2.40. The van der Waals surface area contributed by atoms with Crippen LogP contribution < -0.4 is 5.73 Å². The Hall–Kier alpha value is -0.0400. The van der Waals surface area contributed by atoms with Crippen LogP contribution >= 0.6 is 0 Å². The van der Waals surface area contributed by atoms with Gasteiger partial charge in [-0.1, -0.05) is 58.8 Å². The molecule has 0 aromatic heterocycles. The molecular formula is C17H33N. The highest BCUT2D eigenvalue weighted by Gasteiger charge is 2.34. The predicted molar refractivity (Wildman–Crippen MR) is 79.5 cm³/mol. The minimum absolute atomic E-state index is 0.507. The molecule has 1 heteroatoms. The van der Waals surface area contributed by atoms with E-state index in [4.69, 9.17) is 5.73 Å². The quantitative estimate of drug-likeness (QED) is 0.767. The molecule has 3 unspecified atom stereocenters. The SMILES string of the molecule is CCC1CCC(C(N)C2CCCCC2CC)CC1. The van der Waals surface area contributed by atoms with Crippen LogP contribution in [-0.4, -0.2) is 6.04 Å². The Kier molecular flexibility index (Phi) is 5.54. The number of hydrogen-bond acceptors (Lipinski definition) is 1. The van der Waals surface area contributed by atoms with Crippen LogP contribution in [0.3, 0.4) is 0 Å². The van der Waals surface area contributed by atoms with Gasteiger partial charge in [-0.15, -0.1) is 0 Å². The number of rotatable bonds is 4. The third kappa shape index (κ3) is 3.29. The summed E-state index contributed by atoms with van der Waals surface area (Å²) in [4.78, 5) is 0. The van der Waals surface area contributed by atoms with E-state index in [1.54, 1.807) is 0 Å². The van der Waals surface area contributed by atoms with E-state index in [0.717, 1.165) is 23.7 Å². The Bertz CT molecular complexity index is 230. The van der Waals surface area contributed by atoms with Gasteiger partial charge in [0.2, 0.25) is 0 Å². The molecule has 2 N–H and O–H groups in total. The molecule has 0 aromatic rings. The summed E-state index contributed by atoms with van der Waals surface area (Å²) in [5.74, 6) is 3.61. The lowest BCUT2D eigenvalue weighted by Crippen LogP contribution is -2.43. The Balaban J connectivity index is 1.87. The van der Waals surface area contributed by atoms with Gasteiger partial charge in [-0.25, -0.2) is 0 Å². The van der Waals surface area contributed by atoms with Gasteiger partial charge in [0.25, 0.3) is 0 Å². The first kappa shape index (κ1) is 14.4. The molecule has 0 spiro atoms. The van der Waals surface area contributed by atoms with Gasteiger partial charge in [-0.05, 0) is 42.9 Å². The van der Waals surface area contributed by atoms with Gasteiger partial charge >= 0.3 is 0 Å². The highest BCUT2D eigenvalue weighted by molar-refractivity contribution is 4.88. The summed E-state index contributed by atoms with van der Waals surface area (Å²) in [6.07, 6.45) is 14.2. The van der Waals surface area contributed by atoms with Crippen molar-refractivity contribution < 1.29 is 0 Å². The minimum atomic E-state index is 0.507. The molecule has 0 saturated heterocycles. The summed E-state index contributed by atoms with van der Waals surface area (Å²) < 4.78 is 0. The Morgan fingerprint density at radius 1 is 0.889 bits per heavy atom. The third-order valence-electron chi connectivity index (χ3n) is 6.00. The fraction of sp³-hybridized carbons (Fsp3) is 1.00. The fourth-order valence-electron chi connectivity index (χ4n) is 4.58. The predicted octanol–water partition coefficient (Wildman–Crippen LogP) is 4.75. The molecule has 2 aliphatic rings. The lowest BCUT2D eigenvalue weighted by atomic mass is 9.67. The van der Waals surface area contributed by atoms with Gasteiger partial charge in [0.15, 0.2) is 0 Å². The first-order valence-corrected chi connectivity index (χ1v) is 8.51. The van der Waals surface area contributed by atoms with Crippen molar-refractivity contribution in [2.45, 2.75) is 84.1 Å². The van der Waals surface area contributed by atoms with Crippen LogP contribution in [0.1, 0.15) is 78.1 Å². The molecule has 0 amide bonds. The van der Waals surface area contributed by atoms with Crippen LogP contribution in [0.2, 0.25) is 0 Å². The van der Waals surface area contributed by atoms with Crippen molar-refractivity contribution in [1.29, 1.82) is 0 Å². The zero-order valence-corrected chi connectivity index (χ0v) is 12.5. The molecule has 0 aliphatic heterocycles. The van der Waals surface area contributed by atoms with E-state index in [0.29, 0.717) is 6.04 Å². The number of hydrogen-bond donors (Lipinski definition) is 1. The molecule has 2 rings (SSSR count). The maximum atomic E-state index is 6.68. The molecule has 2 fully saturated rings. The van der Waals surface area contributed by atoms with Gasteiger partial charge in [-0.3, -0.25) is 0 Å². The van der Waals surface area contributed by atoms with E-state index >= 15 is 0 Å².